The standard InChI is InChI=1S/C13H24N2O4S/c1-3-11(12-5-4-8-19-12)14-13(16)15-7-6-10(9-15)20(2,17)18/h10-12H,3-9H2,1-2H3,(H,14,16)/t10-,11+,12-/m1/s1. The lowest BCUT2D eigenvalue weighted by molar-refractivity contribution is 0.0775. The number of ether oxygens (including phenoxy) is 1. The van der Waals surface area contributed by atoms with Crippen LogP contribution >= 0.6 is 0 Å². The van der Waals surface area contributed by atoms with Crippen molar-refractivity contribution in [3.05, 3.63) is 0 Å². The maximum absolute atomic E-state index is 12.2. The van der Waals surface area contributed by atoms with Crippen molar-refractivity contribution in [3.8, 4) is 0 Å². The van der Waals surface area contributed by atoms with Gasteiger partial charge in [-0.25, -0.2) is 13.2 Å². The third-order valence-corrected chi connectivity index (χ3v) is 5.80. The first-order chi connectivity index (χ1) is 9.41. The lowest BCUT2D eigenvalue weighted by Gasteiger charge is -2.26. The fraction of sp³-hybridized carbons (Fsp3) is 0.923. The zero-order valence-electron chi connectivity index (χ0n) is 12.2. The van der Waals surface area contributed by atoms with Crippen LogP contribution in [0.3, 0.4) is 0 Å². The zero-order chi connectivity index (χ0) is 14.8. The van der Waals surface area contributed by atoms with Crippen molar-refractivity contribution in [1.82, 2.24) is 10.2 Å². The van der Waals surface area contributed by atoms with E-state index >= 15 is 0 Å². The average Bonchev–Trinajstić information content (AvgIpc) is 3.04. The number of hydrogen-bond donors (Lipinski definition) is 1. The topological polar surface area (TPSA) is 75.7 Å². The van der Waals surface area contributed by atoms with Crippen molar-refractivity contribution in [1.29, 1.82) is 0 Å². The van der Waals surface area contributed by atoms with E-state index in [4.69, 9.17) is 4.74 Å². The summed E-state index contributed by atoms with van der Waals surface area (Å²) in [4.78, 5) is 13.8. The Kier molecular flexibility index (Phi) is 4.90. The molecule has 1 N–H and O–H groups in total. The van der Waals surface area contributed by atoms with E-state index in [0.29, 0.717) is 19.5 Å². The minimum absolute atomic E-state index is 0.0160. The summed E-state index contributed by atoms with van der Waals surface area (Å²) in [5, 5.41) is 2.57. The number of rotatable bonds is 4. The number of amides is 2. The Bertz CT molecular complexity index is 445. The number of hydrogen-bond acceptors (Lipinski definition) is 4. The molecule has 7 heteroatoms. The molecule has 0 radical (unpaired) electrons. The molecule has 20 heavy (non-hydrogen) atoms. The van der Waals surface area contributed by atoms with E-state index in [1.54, 1.807) is 4.90 Å². The lowest BCUT2D eigenvalue weighted by atomic mass is 10.1. The van der Waals surface area contributed by atoms with Crippen LogP contribution in [0.15, 0.2) is 0 Å². The molecule has 3 atom stereocenters. The van der Waals surface area contributed by atoms with Gasteiger partial charge in [0, 0.05) is 26.0 Å². The van der Waals surface area contributed by atoms with Gasteiger partial charge >= 0.3 is 6.03 Å². The second kappa shape index (κ2) is 6.30. The zero-order valence-corrected chi connectivity index (χ0v) is 13.0. The highest BCUT2D eigenvalue weighted by atomic mass is 32.2. The predicted molar refractivity (Wildman–Crippen MR) is 76.4 cm³/mol. The molecular formula is C13H24N2O4S. The van der Waals surface area contributed by atoms with E-state index in [0.717, 1.165) is 25.9 Å². The van der Waals surface area contributed by atoms with E-state index < -0.39 is 15.1 Å². The molecule has 2 fully saturated rings. The van der Waals surface area contributed by atoms with E-state index in [2.05, 4.69) is 5.32 Å². The average molecular weight is 304 g/mol. The molecule has 6 nitrogen and oxygen atoms in total. The van der Waals surface area contributed by atoms with Crippen LogP contribution in [0.1, 0.15) is 32.6 Å². The number of nitrogens with zero attached hydrogens (tertiary/aromatic N) is 1. The van der Waals surface area contributed by atoms with Gasteiger partial charge < -0.3 is 15.0 Å². The molecule has 2 aliphatic heterocycles. The van der Waals surface area contributed by atoms with Crippen LogP contribution in [0.4, 0.5) is 4.79 Å². The summed E-state index contributed by atoms with van der Waals surface area (Å²) in [6, 6.07) is -0.152. The smallest absolute Gasteiger partial charge is 0.317 e. The summed E-state index contributed by atoms with van der Waals surface area (Å²) in [5.41, 5.74) is 0. The molecule has 0 saturated carbocycles. The van der Waals surface area contributed by atoms with Crippen LogP contribution < -0.4 is 5.32 Å². The van der Waals surface area contributed by atoms with Gasteiger partial charge in [-0.2, -0.15) is 0 Å². The Hall–Kier alpha value is -0.820. The quantitative estimate of drug-likeness (QED) is 0.832. The van der Waals surface area contributed by atoms with Crippen LogP contribution in [0.25, 0.3) is 0 Å². The summed E-state index contributed by atoms with van der Waals surface area (Å²) in [7, 11) is -3.07. The molecular weight excluding hydrogens is 280 g/mol. The van der Waals surface area contributed by atoms with Crippen molar-refractivity contribution in [2.24, 2.45) is 0 Å². The first-order valence-electron chi connectivity index (χ1n) is 7.27. The highest BCUT2D eigenvalue weighted by Gasteiger charge is 2.34. The van der Waals surface area contributed by atoms with Gasteiger partial charge in [0.15, 0.2) is 9.84 Å². The van der Waals surface area contributed by atoms with Crippen LogP contribution in [0, 0.1) is 0 Å². The van der Waals surface area contributed by atoms with E-state index in [1.165, 1.54) is 6.26 Å². The monoisotopic (exact) mass is 304 g/mol. The van der Waals surface area contributed by atoms with Crippen molar-refractivity contribution in [2.75, 3.05) is 26.0 Å². The molecule has 2 aliphatic rings. The third-order valence-electron chi connectivity index (χ3n) is 4.20. The van der Waals surface area contributed by atoms with Gasteiger partial charge in [0.05, 0.1) is 17.4 Å². The summed E-state index contributed by atoms with van der Waals surface area (Å²) >= 11 is 0. The van der Waals surface area contributed by atoms with Gasteiger partial charge in [-0.3, -0.25) is 0 Å². The van der Waals surface area contributed by atoms with Gasteiger partial charge in [-0.15, -0.1) is 0 Å². The molecule has 2 heterocycles. The van der Waals surface area contributed by atoms with Crippen LogP contribution in [0.2, 0.25) is 0 Å². The number of likely N-dealkylation sites (tertiary alicyclic amines) is 1. The number of nitrogens with one attached hydrogen (secondary N) is 1. The summed E-state index contributed by atoms with van der Waals surface area (Å²) < 4.78 is 28.6. The molecule has 0 aliphatic carbocycles. The van der Waals surface area contributed by atoms with Crippen LogP contribution in [-0.4, -0.2) is 62.7 Å². The minimum atomic E-state index is -3.07. The Morgan fingerprint density at radius 1 is 1.45 bits per heavy atom. The molecule has 0 bridgehead atoms. The number of carbonyl (C=O) groups is 1. The minimum Gasteiger partial charge on any atom is -0.376 e. The van der Waals surface area contributed by atoms with Crippen LogP contribution in [0.5, 0.6) is 0 Å². The molecule has 0 aromatic heterocycles. The van der Waals surface area contributed by atoms with Crippen molar-refractivity contribution < 1.29 is 17.9 Å². The van der Waals surface area contributed by atoms with Gasteiger partial charge in [-0.1, -0.05) is 6.92 Å². The number of urea groups is 1. The Morgan fingerprint density at radius 2 is 2.20 bits per heavy atom. The normalized spacial score (nSPS) is 28.6. The molecule has 116 valence electrons. The predicted octanol–water partition coefficient (Wildman–Crippen LogP) is 0.773. The molecule has 2 saturated heterocycles. The fourth-order valence-corrected chi connectivity index (χ4v) is 3.87. The maximum Gasteiger partial charge on any atom is 0.317 e. The summed E-state index contributed by atoms with van der Waals surface area (Å²) in [6.07, 6.45) is 4.70. The SMILES string of the molecule is CC[C@H](NC(=O)N1CC[C@@H](S(C)(=O)=O)C1)[C@H]1CCCO1. The van der Waals surface area contributed by atoms with Gasteiger partial charge in [0.2, 0.25) is 0 Å². The maximum atomic E-state index is 12.2. The highest BCUT2D eigenvalue weighted by Crippen LogP contribution is 2.19. The fourth-order valence-electron chi connectivity index (χ4n) is 2.89. The second-order valence-corrected chi connectivity index (χ2v) is 8.03. The molecule has 0 spiro atoms. The number of sulfone groups is 1. The molecule has 0 aromatic rings. The van der Waals surface area contributed by atoms with Crippen molar-refractivity contribution in [2.45, 2.75) is 50.0 Å². The summed E-state index contributed by atoms with van der Waals surface area (Å²) in [6.45, 7) is 3.59. The molecule has 0 aromatic carbocycles. The third kappa shape index (κ3) is 3.63. The van der Waals surface area contributed by atoms with Gasteiger partial charge in [0.1, 0.15) is 0 Å². The lowest BCUT2D eigenvalue weighted by Crippen LogP contribution is -2.48. The molecule has 2 amide bonds. The van der Waals surface area contributed by atoms with Crippen molar-refractivity contribution in [3.63, 3.8) is 0 Å². The molecule has 2 rings (SSSR count). The highest BCUT2D eigenvalue weighted by molar-refractivity contribution is 7.91. The Balaban J connectivity index is 1.88. The van der Waals surface area contributed by atoms with E-state index in [-0.39, 0.29) is 18.2 Å². The molecule has 0 unspecified atom stereocenters. The van der Waals surface area contributed by atoms with E-state index in [9.17, 15) is 13.2 Å². The van der Waals surface area contributed by atoms with E-state index in [1.807, 2.05) is 6.92 Å². The Morgan fingerprint density at radius 3 is 2.70 bits per heavy atom. The first-order valence-corrected chi connectivity index (χ1v) is 9.23. The second-order valence-electron chi connectivity index (χ2n) is 5.70. The van der Waals surface area contributed by atoms with Gasteiger partial charge in [0.25, 0.3) is 0 Å². The van der Waals surface area contributed by atoms with Gasteiger partial charge in [-0.05, 0) is 25.7 Å². The first kappa shape index (κ1) is 15.6. The van der Waals surface area contributed by atoms with Crippen molar-refractivity contribution >= 4 is 15.9 Å². The largest absolute Gasteiger partial charge is 0.376 e. The summed E-state index contributed by atoms with van der Waals surface area (Å²) in [5.74, 6) is 0. The Labute approximate surface area is 120 Å². The van der Waals surface area contributed by atoms with Crippen LogP contribution in [-0.2, 0) is 14.6 Å². The number of carbonyl (C=O) groups excluding carboxylic acids is 1.